The van der Waals surface area contributed by atoms with Crippen LogP contribution in [0.25, 0.3) is 0 Å². The van der Waals surface area contributed by atoms with Crippen molar-refractivity contribution in [3.05, 3.63) is 17.5 Å². The van der Waals surface area contributed by atoms with Crippen LogP contribution in [0.5, 0.6) is 0 Å². The standard InChI is InChI=1S/C12H18N4O2/c1-7-4-10(7)12(18)14-13-11(17)6-16-9(3)5-8(2)15-16/h5,7,10H,4,6H2,1-3H3,(H,13,17)(H,14,18)/t7-,10+/m1/s1. The van der Waals surface area contributed by atoms with Crippen molar-refractivity contribution in [2.24, 2.45) is 11.8 Å². The van der Waals surface area contributed by atoms with Crippen molar-refractivity contribution in [2.45, 2.75) is 33.7 Å². The van der Waals surface area contributed by atoms with Gasteiger partial charge < -0.3 is 0 Å². The summed E-state index contributed by atoms with van der Waals surface area (Å²) in [6.45, 7) is 5.89. The number of nitrogens with one attached hydrogen (secondary N) is 2. The number of hydrogen-bond donors (Lipinski definition) is 2. The molecule has 0 unspecified atom stereocenters. The molecule has 1 fully saturated rings. The normalized spacial score (nSPS) is 21.5. The minimum absolute atomic E-state index is 0.0546. The molecule has 1 aromatic heterocycles. The SMILES string of the molecule is Cc1cc(C)n(CC(=O)NNC(=O)[C@H]2C[C@H]2C)n1. The highest BCUT2D eigenvalue weighted by atomic mass is 16.2. The molecule has 1 saturated carbocycles. The van der Waals surface area contributed by atoms with Gasteiger partial charge in [-0.2, -0.15) is 5.10 Å². The fourth-order valence-electron chi connectivity index (χ4n) is 1.92. The fraction of sp³-hybridized carbons (Fsp3) is 0.583. The molecule has 1 aliphatic rings. The summed E-state index contributed by atoms with van der Waals surface area (Å²) in [5, 5.41) is 4.18. The minimum atomic E-state index is -0.275. The molecule has 2 N–H and O–H groups in total. The van der Waals surface area contributed by atoms with Gasteiger partial charge in [-0.3, -0.25) is 25.1 Å². The molecule has 18 heavy (non-hydrogen) atoms. The molecule has 0 aliphatic heterocycles. The molecule has 1 aromatic rings. The summed E-state index contributed by atoms with van der Waals surface area (Å²) < 4.78 is 1.61. The van der Waals surface area contributed by atoms with Crippen LogP contribution in [0.2, 0.25) is 0 Å². The van der Waals surface area contributed by atoms with E-state index in [0.29, 0.717) is 5.92 Å². The van der Waals surface area contributed by atoms with Crippen LogP contribution in [0.15, 0.2) is 6.07 Å². The quantitative estimate of drug-likeness (QED) is 0.758. The first-order valence-electron chi connectivity index (χ1n) is 6.07. The van der Waals surface area contributed by atoms with E-state index in [0.717, 1.165) is 17.8 Å². The predicted octanol–water partition coefficient (Wildman–Crippen LogP) is 0.303. The van der Waals surface area contributed by atoms with E-state index in [1.807, 2.05) is 26.8 Å². The largest absolute Gasteiger partial charge is 0.273 e. The zero-order chi connectivity index (χ0) is 13.3. The lowest BCUT2D eigenvalue weighted by molar-refractivity contribution is -0.130. The van der Waals surface area contributed by atoms with Gasteiger partial charge in [-0.15, -0.1) is 0 Å². The van der Waals surface area contributed by atoms with Crippen molar-refractivity contribution < 1.29 is 9.59 Å². The van der Waals surface area contributed by atoms with Gasteiger partial charge >= 0.3 is 0 Å². The zero-order valence-corrected chi connectivity index (χ0v) is 10.9. The number of amides is 2. The van der Waals surface area contributed by atoms with Gasteiger partial charge in [0.05, 0.1) is 5.69 Å². The second kappa shape index (κ2) is 4.80. The summed E-state index contributed by atoms with van der Waals surface area (Å²) in [7, 11) is 0. The molecule has 2 atom stereocenters. The van der Waals surface area contributed by atoms with Crippen molar-refractivity contribution in [1.29, 1.82) is 0 Å². The molecule has 1 heterocycles. The molecule has 2 amide bonds. The van der Waals surface area contributed by atoms with Crippen molar-refractivity contribution >= 4 is 11.8 Å². The zero-order valence-electron chi connectivity index (χ0n) is 10.9. The van der Waals surface area contributed by atoms with E-state index in [2.05, 4.69) is 16.0 Å². The lowest BCUT2D eigenvalue weighted by Gasteiger charge is -2.08. The summed E-state index contributed by atoms with van der Waals surface area (Å²) >= 11 is 0. The van der Waals surface area contributed by atoms with Crippen LogP contribution < -0.4 is 10.9 Å². The Morgan fingerprint density at radius 1 is 1.44 bits per heavy atom. The van der Waals surface area contributed by atoms with Crippen molar-refractivity contribution in [3.8, 4) is 0 Å². The highest BCUT2D eigenvalue weighted by Gasteiger charge is 2.39. The Labute approximate surface area is 106 Å². The van der Waals surface area contributed by atoms with Gasteiger partial charge in [0, 0.05) is 11.6 Å². The summed E-state index contributed by atoms with van der Waals surface area (Å²) in [6.07, 6.45) is 0.902. The number of carbonyl (C=O) groups excluding carboxylic acids is 2. The van der Waals surface area contributed by atoms with Gasteiger partial charge in [-0.25, -0.2) is 0 Å². The van der Waals surface area contributed by atoms with E-state index in [-0.39, 0.29) is 24.3 Å². The minimum Gasteiger partial charge on any atom is -0.273 e. The molecule has 1 aliphatic carbocycles. The number of aromatic nitrogens is 2. The summed E-state index contributed by atoms with van der Waals surface area (Å²) in [5.74, 6) is 0.101. The molecule has 98 valence electrons. The lowest BCUT2D eigenvalue weighted by atomic mass is 10.3. The highest BCUT2D eigenvalue weighted by molar-refractivity contribution is 5.84. The first kappa shape index (κ1) is 12.6. The maximum atomic E-state index is 11.6. The Balaban J connectivity index is 1.78. The van der Waals surface area contributed by atoms with Crippen LogP contribution in [0.4, 0.5) is 0 Å². The first-order chi connectivity index (χ1) is 8.47. The molecule has 6 nitrogen and oxygen atoms in total. The third-order valence-corrected chi connectivity index (χ3v) is 3.17. The van der Waals surface area contributed by atoms with Crippen LogP contribution in [0.1, 0.15) is 24.7 Å². The van der Waals surface area contributed by atoms with Crippen LogP contribution in [-0.2, 0) is 16.1 Å². The smallest absolute Gasteiger partial charge is 0.260 e. The summed E-state index contributed by atoms with van der Waals surface area (Å²) in [4.78, 5) is 23.1. The van der Waals surface area contributed by atoms with Gasteiger partial charge in [0.15, 0.2) is 0 Å². The highest BCUT2D eigenvalue weighted by Crippen LogP contribution is 2.37. The van der Waals surface area contributed by atoms with Crippen molar-refractivity contribution in [3.63, 3.8) is 0 Å². The van der Waals surface area contributed by atoms with E-state index in [4.69, 9.17) is 0 Å². The van der Waals surface area contributed by atoms with Crippen molar-refractivity contribution in [1.82, 2.24) is 20.6 Å². The average molecular weight is 250 g/mol. The predicted molar refractivity (Wildman–Crippen MR) is 65.3 cm³/mol. The Kier molecular flexibility index (Phi) is 3.36. The molecule has 0 aromatic carbocycles. The Morgan fingerprint density at radius 3 is 2.61 bits per heavy atom. The second-order valence-electron chi connectivity index (χ2n) is 4.94. The van der Waals surface area contributed by atoms with Gasteiger partial charge in [0.25, 0.3) is 5.91 Å². The molecule has 0 bridgehead atoms. The van der Waals surface area contributed by atoms with Crippen molar-refractivity contribution in [2.75, 3.05) is 0 Å². The molecule has 2 rings (SSSR count). The maximum absolute atomic E-state index is 11.6. The van der Waals surface area contributed by atoms with Gasteiger partial charge in [-0.05, 0) is 32.3 Å². The average Bonchev–Trinajstić information content (AvgIpc) is 2.94. The van der Waals surface area contributed by atoms with E-state index in [1.54, 1.807) is 4.68 Å². The van der Waals surface area contributed by atoms with E-state index >= 15 is 0 Å². The maximum Gasteiger partial charge on any atom is 0.260 e. The summed E-state index contributed by atoms with van der Waals surface area (Å²) in [5.41, 5.74) is 6.64. The molecular formula is C12H18N4O2. The Morgan fingerprint density at radius 2 is 2.11 bits per heavy atom. The number of aryl methyl sites for hydroxylation is 2. The monoisotopic (exact) mass is 250 g/mol. The number of carbonyl (C=O) groups is 2. The van der Waals surface area contributed by atoms with Crippen LogP contribution in [0, 0.1) is 25.7 Å². The van der Waals surface area contributed by atoms with Gasteiger partial charge in [0.2, 0.25) is 5.91 Å². The summed E-state index contributed by atoms with van der Waals surface area (Å²) in [6, 6.07) is 1.90. The van der Waals surface area contributed by atoms with Crippen LogP contribution in [0.3, 0.4) is 0 Å². The van der Waals surface area contributed by atoms with Gasteiger partial charge in [-0.1, -0.05) is 6.92 Å². The number of hydrazine groups is 1. The Bertz CT molecular complexity index is 480. The number of rotatable bonds is 3. The molecule has 0 spiro atoms. The lowest BCUT2D eigenvalue weighted by Crippen LogP contribution is -2.44. The molecular weight excluding hydrogens is 232 g/mol. The number of hydrogen-bond acceptors (Lipinski definition) is 3. The first-order valence-corrected chi connectivity index (χ1v) is 6.07. The molecule has 0 radical (unpaired) electrons. The van der Waals surface area contributed by atoms with E-state index in [1.165, 1.54) is 0 Å². The van der Waals surface area contributed by atoms with E-state index in [9.17, 15) is 9.59 Å². The second-order valence-corrected chi connectivity index (χ2v) is 4.94. The molecule has 0 saturated heterocycles. The topological polar surface area (TPSA) is 76.0 Å². The number of nitrogens with zero attached hydrogens (tertiary/aromatic N) is 2. The third-order valence-electron chi connectivity index (χ3n) is 3.17. The third kappa shape index (κ3) is 2.88. The molecule has 6 heteroatoms. The Hall–Kier alpha value is -1.85. The van der Waals surface area contributed by atoms with Crippen LogP contribution >= 0.6 is 0 Å². The fourth-order valence-corrected chi connectivity index (χ4v) is 1.92. The van der Waals surface area contributed by atoms with Gasteiger partial charge in [0.1, 0.15) is 6.54 Å². The van der Waals surface area contributed by atoms with E-state index < -0.39 is 0 Å². The van der Waals surface area contributed by atoms with Crippen LogP contribution in [-0.4, -0.2) is 21.6 Å².